The molecule has 0 aliphatic heterocycles. The van der Waals surface area contributed by atoms with E-state index in [1.807, 2.05) is 93.6 Å². The molecule has 0 fully saturated rings. The van der Waals surface area contributed by atoms with E-state index in [9.17, 15) is 4.79 Å². The van der Waals surface area contributed by atoms with E-state index in [1.54, 1.807) is 4.68 Å². The molecule has 0 spiro atoms. The van der Waals surface area contributed by atoms with Crippen LogP contribution >= 0.6 is 0 Å². The van der Waals surface area contributed by atoms with Gasteiger partial charge in [-0.25, -0.2) is 4.68 Å². The summed E-state index contributed by atoms with van der Waals surface area (Å²) >= 11 is 0. The van der Waals surface area contributed by atoms with Crippen LogP contribution in [-0.4, -0.2) is 27.3 Å². The number of aryl methyl sites for hydroxylation is 2. The van der Waals surface area contributed by atoms with E-state index in [0.717, 1.165) is 16.8 Å². The lowest BCUT2D eigenvalue weighted by molar-refractivity contribution is 0.102. The molecule has 156 valence electrons. The topological polar surface area (TPSA) is 69.0 Å². The SMILES string of the molecule is CCOc1nc(-c2ccc(C)cc2)n(-c2ccc(NC(=O)c3ccc(C)cc3)cc2)n1. The Morgan fingerprint density at radius 3 is 2.13 bits per heavy atom. The molecular formula is C25H24N4O2. The lowest BCUT2D eigenvalue weighted by Gasteiger charge is -2.09. The number of carbonyl (C=O) groups excluding carboxylic acids is 1. The van der Waals surface area contributed by atoms with Gasteiger partial charge in [-0.3, -0.25) is 4.79 Å². The number of benzene rings is 3. The molecule has 0 saturated carbocycles. The van der Waals surface area contributed by atoms with Gasteiger partial charge in [0.1, 0.15) is 0 Å². The van der Waals surface area contributed by atoms with Crippen molar-refractivity contribution in [1.29, 1.82) is 0 Å². The van der Waals surface area contributed by atoms with Crippen LogP contribution in [0.1, 0.15) is 28.4 Å². The van der Waals surface area contributed by atoms with E-state index < -0.39 is 0 Å². The third kappa shape index (κ3) is 4.64. The molecule has 1 heterocycles. The van der Waals surface area contributed by atoms with Gasteiger partial charge in [0.25, 0.3) is 5.91 Å². The van der Waals surface area contributed by atoms with Crippen LogP contribution in [0.25, 0.3) is 17.1 Å². The first-order chi connectivity index (χ1) is 15.0. The Labute approximate surface area is 181 Å². The van der Waals surface area contributed by atoms with Gasteiger partial charge in [0.05, 0.1) is 12.3 Å². The van der Waals surface area contributed by atoms with Crippen LogP contribution in [0.5, 0.6) is 6.01 Å². The maximum atomic E-state index is 12.5. The molecule has 3 aromatic carbocycles. The van der Waals surface area contributed by atoms with Crippen LogP contribution in [0.3, 0.4) is 0 Å². The van der Waals surface area contributed by atoms with Crippen molar-refractivity contribution < 1.29 is 9.53 Å². The largest absolute Gasteiger partial charge is 0.463 e. The zero-order chi connectivity index (χ0) is 21.8. The lowest BCUT2D eigenvalue weighted by atomic mass is 10.1. The molecule has 4 rings (SSSR count). The maximum absolute atomic E-state index is 12.5. The van der Waals surface area contributed by atoms with E-state index in [4.69, 9.17) is 4.74 Å². The number of carbonyl (C=O) groups is 1. The van der Waals surface area contributed by atoms with Gasteiger partial charge in [-0.2, -0.15) is 4.98 Å². The van der Waals surface area contributed by atoms with E-state index in [2.05, 4.69) is 15.4 Å². The molecule has 0 unspecified atom stereocenters. The molecule has 1 N–H and O–H groups in total. The van der Waals surface area contributed by atoms with E-state index >= 15 is 0 Å². The fourth-order valence-corrected chi connectivity index (χ4v) is 3.15. The summed E-state index contributed by atoms with van der Waals surface area (Å²) in [7, 11) is 0. The minimum atomic E-state index is -0.146. The van der Waals surface area contributed by atoms with Gasteiger partial charge in [-0.1, -0.05) is 47.5 Å². The molecule has 6 heteroatoms. The van der Waals surface area contributed by atoms with Gasteiger partial charge < -0.3 is 10.1 Å². The third-order valence-electron chi connectivity index (χ3n) is 4.85. The normalized spacial score (nSPS) is 10.7. The first-order valence-corrected chi connectivity index (χ1v) is 10.2. The number of hydrogen-bond donors (Lipinski definition) is 1. The predicted octanol–water partition coefficient (Wildman–Crippen LogP) is 5.20. The number of ether oxygens (including phenoxy) is 1. The van der Waals surface area contributed by atoms with Crippen LogP contribution < -0.4 is 10.1 Å². The smallest absolute Gasteiger partial charge is 0.336 e. The molecule has 0 aliphatic carbocycles. The number of amides is 1. The Morgan fingerprint density at radius 2 is 1.52 bits per heavy atom. The number of hydrogen-bond acceptors (Lipinski definition) is 4. The van der Waals surface area contributed by atoms with Crippen LogP contribution in [-0.2, 0) is 0 Å². The van der Waals surface area contributed by atoms with Crippen molar-refractivity contribution in [3.8, 4) is 23.1 Å². The summed E-state index contributed by atoms with van der Waals surface area (Å²) in [6.07, 6.45) is 0. The highest BCUT2D eigenvalue weighted by Gasteiger charge is 2.15. The zero-order valence-electron chi connectivity index (χ0n) is 17.8. The average molecular weight is 412 g/mol. The molecule has 31 heavy (non-hydrogen) atoms. The van der Waals surface area contributed by atoms with Crippen molar-refractivity contribution >= 4 is 11.6 Å². The van der Waals surface area contributed by atoms with Crippen molar-refractivity contribution in [3.63, 3.8) is 0 Å². The molecule has 0 atom stereocenters. The third-order valence-corrected chi connectivity index (χ3v) is 4.85. The van der Waals surface area contributed by atoms with Crippen molar-refractivity contribution in [2.75, 3.05) is 11.9 Å². The predicted molar refractivity (Wildman–Crippen MR) is 122 cm³/mol. The molecule has 0 saturated heterocycles. The number of aromatic nitrogens is 3. The van der Waals surface area contributed by atoms with Gasteiger partial charge in [0, 0.05) is 16.8 Å². The Hall–Kier alpha value is -3.93. The summed E-state index contributed by atoms with van der Waals surface area (Å²) in [4.78, 5) is 17.0. The minimum absolute atomic E-state index is 0.146. The summed E-state index contributed by atoms with van der Waals surface area (Å²) in [6.45, 7) is 6.43. The average Bonchev–Trinajstić information content (AvgIpc) is 3.19. The molecule has 6 nitrogen and oxygen atoms in total. The van der Waals surface area contributed by atoms with Gasteiger partial charge in [0.15, 0.2) is 5.82 Å². The highest BCUT2D eigenvalue weighted by atomic mass is 16.5. The quantitative estimate of drug-likeness (QED) is 0.472. The van der Waals surface area contributed by atoms with Gasteiger partial charge in [-0.05, 0) is 57.2 Å². The summed E-state index contributed by atoms with van der Waals surface area (Å²) in [5.41, 5.74) is 5.38. The summed E-state index contributed by atoms with van der Waals surface area (Å²) in [6, 6.07) is 23.4. The molecule has 4 aromatic rings. The fourth-order valence-electron chi connectivity index (χ4n) is 3.15. The molecule has 0 aliphatic rings. The summed E-state index contributed by atoms with van der Waals surface area (Å²) in [5, 5.41) is 7.44. The molecule has 1 amide bonds. The Morgan fingerprint density at radius 1 is 0.903 bits per heavy atom. The first-order valence-electron chi connectivity index (χ1n) is 10.2. The second kappa shape index (κ2) is 8.83. The van der Waals surface area contributed by atoms with Crippen LogP contribution in [0.15, 0.2) is 72.8 Å². The second-order valence-electron chi connectivity index (χ2n) is 7.30. The van der Waals surface area contributed by atoms with Crippen molar-refractivity contribution in [1.82, 2.24) is 14.8 Å². The number of nitrogens with zero attached hydrogens (tertiary/aromatic N) is 3. The lowest BCUT2D eigenvalue weighted by Crippen LogP contribution is -2.11. The maximum Gasteiger partial charge on any atom is 0.336 e. The second-order valence-corrected chi connectivity index (χ2v) is 7.30. The summed E-state index contributed by atoms with van der Waals surface area (Å²) in [5.74, 6) is 0.548. The van der Waals surface area contributed by atoms with E-state index in [0.29, 0.717) is 29.7 Å². The summed E-state index contributed by atoms with van der Waals surface area (Å²) < 4.78 is 7.28. The van der Waals surface area contributed by atoms with Crippen molar-refractivity contribution in [3.05, 3.63) is 89.5 Å². The standard InChI is InChI=1S/C25H24N4O2/c1-4-31-25-27-23(19-9-5-17(2)6-10-19)29(28-25)22-15-13-21(14-16-22)26-24(30)20-11-7-18(3)8-12-20/h5-16H,4H2,1-3H3,(H,26,30). The number of rotatable bonds is 6. The fraction of sp³-hybridized carbons (Fsp3) is 0.160. The monoisotopic (exact) mass is 412 g/mol. The highest BCUT2D eigenvalue weighted by molar-refractivity contribution is 6.04. The molecule has 0 radical (unpaired) electrons. The molecule has 0 bridgehead atoms. The number of nitrogens with one attached hydrogen (secondary N) is 1. The van der Waals surface area contributed by atoms with E-state index in [1.165, 1.54) is 5.56 Å². The Balaban J connectivity index is 1.60. The highest BCUT2D eigenvalue weighted by Crippen LogP contribution is 2.25. The molecular weight excluding hydrogens is 388 g/mol. The molecule has 1 aromatic heterocycles. The Kier molecular flexibility index (Phi) is 5.80. The van der Waals surface area contributed by atoms with Gasteiger partial charge in [0.2, 0.25) is 0 Å². The van der Waals surface area contributed by atoms with Gasteiger partial charge >= 0.3 is 6.01 Å². The van der Waals surface area contributed by atoms with Crippen LogP contribution in [0.4, 0.5) is 5.69 Å². The van der Waals surface area contributed by atoms with Crippen molar-refractivity contribution in [2.45, 2.75) is 20.8 Å². The minimum Gasteiger partial charge on any atom is -0.463 e. The zero-order valence-corrected chi connectivity index (χ0v) is 17.8. The van der Waals surface area contributed by atoms with Crippen LogP contribution in [0.2, 0.25) is 0 Å². The number of anilines is 1. The van der Waals surface area contributed by atoms with Crippen LogP contribution in [0, 0.1) is 13.8 Å². The van der Waals surface area contributed by atoms with E-state index in [-0.39, 0.29) is 5.91 Å². The first kappa shape index (κ1) is 20.3. The Bertz CT molecular complexity index is 1180. The van der Waals surface area contributed by atoms with Crippen molar-refractivity contribution in [2.24, 2.45) is 0 Å². The van der Waals surface area contributed by atoms with Gasteiger partial charge in [-0.15, -0.1) is 5.10 Å².